The van der Waals surface area contributed by atoms with Crippen molar-refractivity contribution in [3.63, 3.8) is 0 Å². The molecule has 0 amide bonds. The fourth-order valence-electron chi connectivity index (χ4n) is 1.32. The van der Waals surface area contributed by atoms with Gasteiger partial charge in [0.1, 0.15) is 0 Å². The van der Waals surface area contributed by atoms with Gasteiger partial charge in [0, 0.05) is 0 Å². The molecule has 0 aliphatic heterocycles. The van der Waals surface area contributed by atoms with E-state index in [1.165, 1.54) is 6.92 Å². The van der Waals surface area contributed by atoms with E-state index in [2.05, 4.69) is 0 Å². The van der Waals surface area contributed by atoms with Crippen LogP contribution < -0.4 is 0 Å². The second-order valence-electron chi connectivity index (χ2n) is 4.37. The van der Waals surface area contributed by atoms with Gasteiger partial charge in [0.25, 0.3) is 0 Å². The third kappa shape index (κ3) is 3.14. The summed E-state index contributed by atoms with van der Waals surface area (Å²) < 4.78 is 145. The van der Waals surface area contributed by atoms with Crippen LogP contribution in [-0.2, 0) is 10.1 Å². The Morgan fingerprint density at radius 1 is 0.955 bits per heavy atom. The van der Waals surface area contributed by atoms with E-state index in [-0.39, 0.29) is 6.42 Å². The third-order valence-electron chi connectivity index (χ3n) is 2.71. The van der Waals surface area contributed by atoms with Gasteiger partial charge in [-0.05, 0) is 6.42 Å². The van der Waals surface area contributed by atoms with Crippen molar-refractivity contribution in [1.29, 1.82) is 0 Å². The SMILES string of the molecule is CCCCC(F)C(F)(F)C(F)(F)C(F)(F)C(F)(F)S(=O)(=O)O. The Balaban J connectivity index is 5.89. The standard InChI is InChI=1S/C9H11F9O3S/c1-2-3-4-5(10)6(11,12)7(13,14)8(15,16)9(17,18)22(19,20)21/h5H,2-4H2,1H3,(H,19,20,21). The smallest absolute Gasteiger partial charge is 0.281 e. The van der Waals surface area contributed by atoms with E-state index in [1.54, 1.807) is 0 Å². The number of rotatable bonds is 8. The molecule has 0 aromatic heterocycles. The minimum atomic E-state index is -7.26. The van der Waals surface area contributed by atoms with Crippen molar-refractivity contribution in [1.82, 2.24) is 0 Å². The van der Waals surface area contributed by atoms with Gasteiger partial charge in [-0.1, -0.05) is 19.8 Å². The van der Waals surface area contributed by atoms with E-state index >= 15 is 0 Å². The van der Waals surface area contributed by atoms with Crippen molar-refractivity contribution >= 4 is 10.1 Å². The molecule has 0 aliphatic rings. The summed E-state index contributed by atoms with van der Waals surface area (Å²) in [5.74, 6) is -20.6. The van der Waals surface area contributed by atoms with Crippen LogP contribution in [0, 0.1) is 0 Å². The first-order valence-electron chi connectivity index (χ1n) is 5.60. The first kappa shape index (κ1) is 21.3. The molecule has 0 aromatic rings. The number of hydrogen-bond donors (Lipinski definition) is 1. The maximum absolute atomic E-state index is 13.1. The zero-order valence-corrected chi connectivity index (χ0v) is 11.6. The number of alkyl halides is 9. The molecule has 0 heterocycles. The summed E-state index contributed by atoms with van der Waals surface area (Å²) in [4.78, 5) is 0. The van der Waals surface area contributed by atoms with Crippen LogP contribution in [-0.4, -0.2) is 42.2 Å². The first-order valence-corrected chi connectivity index (χ1v) is 7.04. The van der Waals surface area contributed by atoms with Crippen molar-refractivity contribution in [2.45, 2.75) is 55.4 Å². The van der Waals surface area contributed by atoms with Crippen molar-refractivity contribution < 1.29 is 52.5 Å². The van der Waals surface area contributed by atoms with Gasteiger partial charge in [-0.25, -0.2) is 4.39 Å². The molecular weight excluding hydrogens is 359 g/mol. The Hall–Kier alpha value is -0.720. The van der Waals surface area contributed by atoms with Crippen molar-refractivity contribution in [3.8, 4) is 0 Å². The lowest BCUT2D eigenvalue weighted by molar-refractivity contribution is -0.359. The molecule has 22 heavy (non-hydrogen) atoms. The minimum Gasteiger partial charge on any atom is -0.281 e. The highest BCUT2D eigenvalue weighted by Gasteiger charge is 2.85. The average molecular weight is 370 g/mol. The van der Waals surface area contributed by atoms with Gasteiger partial charge in [-0.3, -0.25) is 4.55 Å². The van der Waals surface area contributed by atoms with Crippen LogP contribution in [0.25, 0.3) is 0 Å². The lowest BCUT2D eigenvalue weighted by atomic mass is 9.97. The summed E-state index contributed by atoms with van der Waals surface area (Å²) in [5, 5.41) is -6.95. The summed E-state index contributed by atoms with van der Waals surface area (Å²) in [5.41, 5.74) is 0. The van der Waals surface area contributed by atoms with E-state index in [1.807, 2.05) is 0 Å². The van der Waals surface area contributed by atoms with Crippen molar-refractivity contribution in [2.24, 2.45) is 0 Å². The molecule has 1 N–H and O–H groups in total. The number of hydrogen-bond acceptors (Lipinski definition) is 2. The molecule has 3 nitrogen and oxygen atoms in total. The quantitative estimate of drug-likeness (QED) is 0.521. The van der Waals surface area contributed by atoms with E-state index < -0.39 is 52.2 Å². The van der Waals surface area contributed by atoms with Crippen LogP contribution in [0.3, 0.4) is 0 Å². The summed E-state index contributed by atoms with van der Waals surface area (Å²) in [6, 6.07) is 0. The maximum atomic E-state index is 13.1. The van der Waals surface area contributed by atoms with Gasteiger partial charge in [-0.2, -0.15) is 43.5 Å². The highest BCUT2D eigenvalue weighted by Crippen LogP contribution is 2.55. The molecule has 0 aliphatic carbocycles. The Labute approximate surface area is 119 Å². The Kier molecular flexibility index (Phi) is 5.86. The Morgan fingerprint density at radius 3 is 1.68 bits per heavy atom. The molecule has 0 rings (SSSR count). The van der Waals surface area contributed by atoms with E-state index in [4.69, 9.17) is 4.55 Å². The fourth-order valence-corrected chi connectivity index (χ4v) is 1.77. The second kappa shape index (κ2) is 6.06. The molecule has 0 saturated heterocycles. The van der Waals surface area contributed by atoms with Crippen LogP contribution >= 0.6 is 0 Å². The van der Waals surface area contributed by atoms with Gasteiger partial charge in [0.2, 0.25) is 0 Å². The summed E-state index contributed by atoms with van der Waals surface area (Å²) >= 11 is 0. The fraction of sp³-hybridized carbons (Fsp3) is 1.00. The molecule has 134 valence electrons. The highest BCUT2D eigenvalue weighted by atomic mass is 32.2. The largest absolute Gasteiger partial charge is 0.438 e. The normalized spacial score (nSPS) is 16.7. The van der Waals surface area contributed by atoms with Crippen LogP contribution in [0.5, 0.6) is 0 Å². The molecule has 1 atom stereocenters. The van der Waals surface area contributed by atoms with Gasteiger partial charge in [0.05, 0.1) is 0 Å². The van der Waals surface area contributed by atoms with Crippen LogP contribution in [0.2, 0.25) is 0 Å². The molecule has 0 bridgehead atoms. The second-order valence-corrected chi connectivity index (χ2v) is 5.84. The maximum Gasteiger partial charge on any atom is 0.438 e. The van der Waals surface area contributed by atoms with Gasteiger partial charge < -0.3 is 0 Å². The number of unbranched alkanes of at least 4 members (excludes halogenated alkanes) is 1. The molecule has 0 fully saturated rings. The topological polar surface area (TPSA) is 54.4 Å². The lowest BCUT2D eigenvalue weighted by Gasteiger charge is -2.36. The van der Waals surface area contributed by atoms with Crippen molar-refractivity contribution in [3.05, 3.63) is 0 Å². The average Bonchev–Trinajstić information content (AvgIpc) is 2.33. The van der Waals surface area contributed by atoms with E-state index in [9.17, 15) is 47.9 Å². The van der Waals surface area contributed by atoms with Crippen LogP contribution in [0.4, 0.5) is 39.5 Å². The first-order chi connectivity index (χ1) is 9.48. The van der Waals surface area contributed by atoms with E-state index in [0.29, 0.717) is 0 Å². The van der Waals surface area contributed by atoms with E-state index in [0.717, 1.165) is 0 Å². The van der Waals surface area contributed by atoms with Gasteiger partial charge in [-0.15, -0.1) is 0 Å². The summed E-state index contributed by atoms with van der Waals surface area (Å²) in [7, 11) is -7.17. The molecular formula is C9H11F9O3S. The van der Waals surface area contributed by atoms with Crippen LogP contribution in [0.1, 0.15) is 26.2 Å². The lowest BCUT2D eigenvalue weighted by Crippen LogP contribution is -2.66. The Morgan fingerprint density at radius 2 is 1.36 bits per heavy atom. The predicted molar refractivity (Wildman–Crippen MR) is 55.8 cm³/mol. The highest BCUT2D eigenvalue weighted by molar-refractivity contribution is 7.87. The monoisotopic (exact) mass is 370 g/mol. The molecule has 1 unspecified atom stereocenters. The van der Waals surface area contributed by atoms with Crippen molar-refractivity contribution in [2.75, 3.05) is 0 Å². The summed E-state index contributed by atoms with van der Waals surface area (Å²) in [6.07, 6.45) is -5.69. The molecule has 13 heteroatoms. The summed E-state index contributed by atoms with van der Waals surface area (Å²) in [6.45, 7) is 1.32. The molecule has 0 radical (unpaired) electrons. The molecule has 0 spiro atoms. The molecule has 0 saturated carbocycles. The van der Waals surface area contributed by atoms with Gasteiger partial charge in [0.15, 0.2) is 6.17 Å². The van der Waals surface area contributed by atoms with Crippen LogP contribution in [0.15, 0.2) is 0 Å². The third-order valence-corrected chi connectivity index (χ3v) is 3.61. The zero-order valence-electron chi connectivity index (χ0n) is 10.8. The Bertz CT molecular complexity index is 489. The molecule has 0 aromatic carbocycles. The number of halogens is 9. The zero-order chi connectivity index (χ0) is 18.2. The minimum absolute atomic E-state index is 0.0135. The van der Waals surface area contributed by atoms with Gasteiger partial charge >= 0.3 is 33.1 Å². The predicted octanol–water partition coefficient (Wildman–Crippen LogP) is 3.90.